The fraction of sp³-hybridized carbons (Fsp3) is 1.00. The summed E-state index contributed by atoms with van der Waals surface area (Å²) in [5.41, 5.74) is 5.75. The Kier molecular flexibility index (Phi) is 5.21. The quantitative estimate of drug-likeness (QED) is 0.869. The van der Waals surface area contributed by atoms with E-state index in [9.17, 15) is 13.2 Å². The monoisotopic (exact) mass is 307 g/mol. The highest BCUT2D eigenvalue weighted by atomic mass is 19.4. The molecule has 1 unspecified atom stereocenters. The van der Waals surface area contributed by atoms with Crippen molar-refractivity contribution in [3.05, 3.63) is 0 Å². The van der Waals surface area contributed by atoms with Crippen LogP contribution in [-0.2, 0) is 0 Å². The van der Waals surface area contributed by atoms with Gasteiger partial charge in [-0.25, -0.2) is 0 Å². The smallest absolute Gasteiger partial charge is 0.329 e. The molecule has 2 rings (SSSR count). The Hall–Kier alpha value is -0.330. The molecule has 1 aliphatic carbocycles. The molecule has 124 valence electrons. The van der Waals surface area contributed by atoms with E-state index in [-0.39, 0.29) is 18.4 Å². The minimum absolute atomic E-state index is 0.216. The molecule has 6 heteroatoms. The van der Waals surface area contributed by atoms with Crippen LogP contribution in [0.2, 0.25) is 0 Å². The Labute approximate surface area is 125 Å². The summed E-state index contributed by atoms with van der Waals surface area (Å²) in [6.45, 7) is 2.55. The molecule has 3 nitrogen and oxygen atoms in total. The fourth-order valence-electron chi connectivity index (χ4n) is 4.03. The Bertz CT molecular complexity index is 338. The molecule has 0 aromatic heterocycles. The summed E-state index contributed by atoms with van der Waals surface area (Å²) < 4.78 is 38.6. The van der Waals surface area contributed by atoms with Crippen molar-refractivity contribution in [1.29, 1.82) is 0 Å². The van der Waals surface area contributed by atoms with Gasteiger partial charge >= 0.3 is 6.18 Å². The van der Waals surface area contributed by atoms with Crippen LogP contribution < -0.4 is 5.73 Å². The highest BCUT2D eigenvalue weighted by Gasteiger charge is 2.47. The van der Waals surface area contributed by atoms with E-state index >= 15 is 0 Å². The predicted molar refractivity (Wildman–Crippen MR) is 78.1 cm³/mol. The van der Waals surface area contributed by atoms with Crippen molar-refractivity contribution in [2.75, 3.05) is 33.7 Å². The predicted octanol–water partition coefficient (Wildman–Crippen LogP) is 2.46. The van der Waals surface area contributed by atoms with Gasteiger partial charge in [0.05, 0.1) is 5.92 Å². The van der Waals surface area contributed by atoms with Gasteiger partial charge in [0.25, 0.3) is 0 Å². The van der Waals surface area contributed by atoms with E-state index in [0.29, 0.717) is 25.4 Å². The second-order valence-corrected chi connectivity index (χ2v) is 6.91. The fourth-order valence-corrected chi connectivity index (χ4v) is 4.03. The summed E-state index contributed by atoms with van der Waals surface area (Å²) in [5.74, 6) is -1.14. The van der Waals surface area contributed by atoms with Crippen molar-refractivity contribution in [2.24, 2.45) is 11.7 Å². The highest BCUT2D eigenvalue weighted by molar-refractivity contribution is 4.99. The first-order valence-corrected chi connectivity index (χ1v) is 7.97. The van der Waals surface area contributed by atoms with Crippen LogP contribution in [0.3, 0.4) is 0 Å². The van der Waals surface area contributed by atoms with Gasteiger partial charge in [0.15, 0.2) is 0 Å². The number of nitrogens with zero attached hydrogens (tertiary/aromatic N) is 2. The van der Waals surface area contributed by atoms with Crippen LogP contribution in [0.25, 0.3) is 0 Å². The van der Waals surface area contributed by atoms with Crippen LogP contribution in [0.5, 0.6) is 0 Å². The first-order chi connectivity index (χ1) is 9.78. The molecule has 1 saturated heterocycles. The molecule has 1 heterocycles. The Morgan fingerprint density at radius 2 is 1.86 bits per heavy atom. The van der Waals surface area contributed by atoms with Gasteiger partial charge in [-0.3, -0.25) is 4.90 Å². The van der Waals surface area contributed by atoms with Gasteiger partial charge in [-0.05, 0) is 59.2 Å². The number of likely N-dealkylation sites (N-methyl/N-ethyl adjacent to an activating group) is 2. The molecule has 0 amide bonds. The molecule has 2 fully saturated rings. The summed E-state index contributed by atoms with van der Waals surface area (Å²) >= 11 is 0. The standard InChI is InChI=1S/C15H28F3N3/c1-20-9-3-4-13(10-20)21(2)14(11-19)7-5-12(6-8-14)15(16,17)18/h12-13H,3-11,19H2,1-2H3. The van der Waals surface area contributed by atoms with Crippen LogP contribution in [-0.4, -0.2) is 61.3 Å². The molecular weight excluding hydrogens is 279 g/mol. The molecule has 2 N–H and O–H groups in total. The van der Waals surface area contributed by atoms with E-state index in [0.717, 1.165) is 25.9 Å². The van der Waals surface area contributed by atoms with E-state index in [1.54, 1.807) is 0 Å². The van der Waals surface area contributed by atoms with E-state index in [1.807, 2.05) is 0 Å². The number of likely N-dealkylation sites (tertiary alicyclic amines) is 1. The summed E-state index contributed by atoms with van der Waals surface area (Å²) in [5, 5.41) is 0. The number of nitrogens with two attached hydrogens (primary N) is 1. The molecule has 0 radical (unpaired) electrons. The molecule has 1 atom stereocenters. The maximum Gasteiger partial charge on any atom is 0.391 e. The molecule has 0 spiro atoms. The van der Waals surface area contributed by atoms with Crippen molar-refractivity contribution in [3.8, 4) is 0 Å². The maximum atomic E-state index is 12.9. The Morgan fingerprint density at radius 1 is 1.24 bits per heavy atom. The van der Waals surface area contributed by atoms with Crippen molar-refractivity contribution >= 4 is 0 Å². The van der Waals surface area contributed by atoms with Crippen molar-refractivity contribution in [2.45, 2.75) is 56.3 Å². The van der Waals surface area contributed by atoms with Gasteiger partial charge in [-0.15, -0.1) is 0 Å². The van der Waals surface area contributed by atoms with Gasteiger partial charge in [0.1, 0.15) is 0 Å². The summed E-state index contributed by atoms with van der Waals surface area (Å²) in [4.78, 5) is 4.60. The van der Waals surface area contributed by atoms with Crippen LogP contribution >= 0.6 is 0 Å². The van der Waals surface area contributed by atoms with Crippen LogP contribution in [0.1, 0.15) is 38.5 Å². The second kappa shape index (κ2) is 6.42. The largest absolute Gasteiger partial charge is 0.391 e. The van der Waals surface area contributed by atoms with Crippen LogP contribution in [0.15, 0.2) is 0 Å². The molecule has 0 aromatic carbocycles. The second-order valence-electron chi connectivity index (χ2n) is 6.91. The van der Waals surface area contributed by atoms with Gasteiger partial charge in [-0.2, -0.15) is 13.2 Å². The van der Waals surface area contributed by atoms with Crippen molar-refractivity contribution in [1.82, 2.24) is 9.80 Å². The average Bonchev–Trinajstić information content (AvgIpc) is 2.45. The zero-order valence-corrected chi connectivity index (χ0v) is 13.1. The molecule has 2 aliphatic rings. The number of halogens is 3. The third-order valence-electron chi connectivity index (χ3n) is 5.65. The number of piperidine rings is 1. The van der Waals surface area contributed by atoms with Crippen molar-refractivity contribution < 1.29 is 13.2 Å². The number of rotatable bonds is 3. The van der Waals surface area contributed by atoms with E-state index < -0.39 is 12.1 Å². The lowest BCUT2D eigenvalue weighted by molar-refractivity contribution is -0.189. The minimum atomic E-state index is -4.05. The molecule has 21 heavy (non-hydrogen) atoms. The lowest BCUT2D eigenvalue weighted by atomic mass is 9.74. The summed E-state index contributed by atoms with van der Waals surface area (Å²) in [7, 11) is 4.17. The topological polar surface area (TPSA) is 32.5 Å². The van der Waals surface area contributed by atoms with Gasteiger partial charge in [-0.1, -0.05) is 0 Å². The highest BCUT2D eigenvalue weighted by Crippen LogP contribution is 2.43. The zero-order valence-electron chi connectivity index (χ0n) is 13.1. The third-order valence-corrected chi connectivity index (χ3v) is 5.65. The molecular formula is C15H28F3N3. The lowest BCUT2D eigenvalue weighted by Crippen LogP contribution is -2.60. The minimum Gasteiger partial charge on any atom is -0.329 e. The first-order valence-electron chi connectivity index (χ1n) is 7.97. The normalized spacial score (nSPS) is 36.1. The van der Waals surface area contributed by atoms with E-state index in [2.05, 4.69) is 23.9 Å². The Balaban J connectivity index is 2.02. The maximum absolute atomic E-state index is 12.9. The van der Waals surface area contributed by atoms with Gasteiger partial charge in [0.2, 0.25) is 0 Å². The molecule has 0 aromatic rings. The summed E-state index contributed by atoms with van der Waals surface area (Å²) in [6.07, 6.45) is -0.233. The van der Waals surface area contributed by atoms with Crippen LogP contribution in [0.4, 0.5) is 13.2 Å². The average molecular weight is 307 g/mol. The number of hydrogen-bond donors (Lipinski definition) is 1. The first kappa shape index (κ1) is 17.0. The number of alkyl halides is 3. The zero-order chi connectivity index (χ0) is 15.7. The van der Waals surface area contributed by atoms with Gasteiger partial charge in [0, 0.05) is 24.7 Å². The van der Waals surface area contributed by atoms with E-state index in [1.165, 1.54) is 0 Å². The molecule has 1 saturated carbocycles. The molecule has 0 bridgehead atoms. The SMILES string of the molecule is CN1CCCC(N(C)C2(CN)CCC(C(F)(F)F)CC2)C1. The van der Waals surface area contributed by atoms with Crippen LogP contribution in [0, 0.1) is 5.92 Å². The molecule has 1 aliphatic heterocycles. The van der Waals surface area contributed by atoms with Crippen molar-refractivity contribution in [3.63, 3.8) is 0 Å². The number of hydrogen-bond acceptors (Lipinski definition) is 3. The lowest BCUT2D eigenvalue weighted by Gasteiger charge is -2.51. The van der Waals surface area contributed by atoms with E-state index in [4.69, 9.17) is 5.73 Å². The Morgan fingerprint density at radius 3 is 2.33 bits per heavy atom. The summed E-state index contributed by atoms with van der Waals surface area (Å²) in [6, 6.07) is 0.412. The van der Waals surface area contributed by atoms with Gasteiger partial charge < -0.3 is 10.6 Å². The third kappa shape index (κ3) is 3.71.